The van der Waals surface area contributed by atoms with Crippen LogP contribution in [0.1, 0.15) is 21.5 Å². The van der Waals surface area contributed by atoms with E-state index in [0.717, 1.165) is 21.3 Å². The van der Waals surface area contributed by atoms with Gasteiger partial charge >= 0.3 is 0 Å². The topological polar surface area (TPSA) is 40.5 Å². The predicted molar refractivity (Wildman–Crippen MR) is 122 cm³/mol. The lowest BCUT2D eigenvalue weighted by molar-refractivity contribution is -0.102. The van der Waals surface area contributed by atoms with Crippen LogP contribution in [0.25, 0.3) is 0 Å². The fourth-order valence-electron chi connectivity index (χ4n) is 3.52. The fraction of sp³-hybridized carbons (Fsp3) is 0.160. The van der Waals surface area contributed by atoms with Crippen LogP contribution in [-0.2, 0) is 0 Å². The Morgan fingerprint density at radius 1 is 0.833 bits per heavy atom. The summed E-state index contributed by atoms with van der Waals surface area (Å²) in [6, 6.07) is 24.9. The van der Waals surface area contributed by atoms with Crippen molar-refractivity contribution in [3.8, 4) is 11.8 Å². The smallest absolute Gasteiger partial charge is 0.254 e. The first-order valence-corrected chi connectivity index (χ1v) is 10.7. The lowest BCUT2D eigenvalue weighted by Crippen LogP contribution is -2.59. The molecule has 1 N–H and O–H groups in total. The van der Waals surface area contributed by atoms with E-state index in [1.165, 1.54) is 0 Å². The Labute approximate surface area is 185 Å². The van der Waals surface area contributed by atoms with E-state index in [1.54, 1.807) is 4.90 Å². The van der Waals surface area contributed by atoms with Gasteiger partial charge in [0.15, 0.2) is 5.69 Å². The monoisotopic (exact) mass is 461 g/mol. The highest BCUT2D eigenvalue weighted by atomic mass is 79.9. The minimum Gasteiger partial charge on any atom is -0.327 e. The second-order valence-electron chi connectivity index (χ2n) is 7.33. The summed E-state index contributed by atoms with van der Waals surface area (Å²) in [6.45, 7) is 1.93. The average Bonchev–Trinajstić information content (AvgIpc) is 2.79. The van der Waals surface area contributed by atoms with Crippen molar-refractivity contribution in [3.05, 3.63) is 100 Å². The molecular formula is C25H22BrN2O2+. The Kier molecular flexibility index (Phi) is 6.01. The van der Waals surface area contributed by atoms with Crippen LogP contribution in [0, 0.1) is 11.8 Å². The first kappa shape index (κ1) is 20.4. The number of hydrogen-bond donors (Lipinski definition) is 1. The van der Waals surface area contributed by atoms with Gasteiger partial charge in [0.1, 0.15) is 13.1 Å². The number of hydrogen-bond acceptors (Lipinski definition) is 2. The predicted octanol–water partition coefficient (Wildman–Crippen LogP) is 4.70. The SMILES string of the molecule is O=C(c1ccc(C#Cc2ccccc2)cc1)N1CC[N+](O)(c2ccc(Br)cc2)CC1. The van der Waals surface area contributed by atoms with Crippen LogP contribution in [0.15, 0.2) is 83.3 Å². The number of halogens is 1. The van der Waals surface area contributed by atoms with Crippen molar-refractivity contribution < 1.29 is 10.0 Å². The minimum absolute atomic E-state index is 0.0142. The van der Waals surface area contributed by atoms with Crippen LogP contribution in [0.5, 0.6) is 0 Å². The van der Waals surface area contributed by atoms with Crippen molar-refractivity contribution in [2.24, 2.45) is 0 Å². The maximum Gasteiger partial charge on any atom is 0.254 e. The van der Waals surface area contributed by atoms with Gasteiger partial charge in [0, 0.05) is 33.3 Å². The van der Waals surface area contributed by atoms with Crippen LogP contribution in [0.4, 0.5) is 5.69 Å². The number of hydroxylamine groups is 2. The summed E-state index contributed by atoms with van der Waals surface area (Å²) >= 11 is 3.42. The van der Waals surface area contributed by atoms with Crippen molar-refractivity contribution >= 4 is 27.5 Å². The van der Waals surface area contributed by atoms with E-state index < -0.39 is 0 Å². The molecule has 4 rings (SSSR count). The van der Waals surface area contributed by atoms with Crippen LogP contribution in [-0.4, -0.2) is 42.2 Å². The third-order valence-corrected chi connectivity index (χ3v) is 5.86. The van der Waals surface area contributed by atoms with Gasteiger partial charge in [0.05, 0.1) is 13.1 Å². The van der Waals surface area contributed by atoms with Gasteiger partial charge < -0.3 is 4.90 Å². The molecule has 0 saturated carbocycles. The zero-order valence-corrected chi connectivity index (χ0v) is 18.0. The molecule has 4 nitrogen and oxygen atoms in total. The summed E-state index contributed by atoms with van der Waals surface area (Å²) in [5.41, 5.74) is 3.31. The lowest BCUT2D eigenvalue weighted by atomic mass is 10.1. The van der Waals surface area contributed by atoms with E-state index in [2.05, 4.69) is 27.8 Å². The molecular weight excluding hydrogens is 440 g/mol. The van der Waals surface area contributed by atoms with Gasteiger partial charge in [-0.1, -0.05) is 46.0 Å². The number of amides is 1. The zero-order chi connectivity index (χ0) is 21.0. The number of rotatable bonds is 2. The van der Waals surface area contributed by atoms with E-state index in [4.69, 9.17) is 0 Å². The van der Waals surface area contributed by atoms with Gasteiger partial charge in [-0.15, -0.1) is 4.65 Å². The highest BCUT2D eigenvalue weighted by Gasteiger charge is 2.36. The molecule has 5 heteroatoms. The van der Waals surface area contributed by atoms with Crippen molar-refractivity contribution in [1.82, 2.24) is 9.55 Å². The Morgan fingerprint density at radius 3 is 2.00 bits per heavy atom. The summed E-state index contributed by atoms with van der Waals surface area (Å²) in [7, 11) is 0. The van der Waals surface area contributed by atoms with Crippen LogP contribution in [0.2, 0.25) is 0 Å². The molecule has 3 aromatic carbocycles. The van der Waals surface area contributed by atoms with Gasteiger partial charge in [0.25, 0.3) is 5.91 Å². The molecule has 1 saturated heterocycles. The van der Waals surface area contributed by atoms with E-state index in [9.17, 15) is 10.0 Å². The summed E-state index contributed by atoms with van der Waals surface area (Å²) in [4.78, 5) is 14.7. The van der Waals surface area contributed by atoms with Crippen molar-refractivity contribution in [2.45, 2.75) is 0 Å². The van der Waals surface area contributed by atoms with E-state index in [0.29, 0.717) is 31.7 Å². The molecule has 0 aromatic heterocycles. The lowest BCUT2D eigenvalue weighted by Gasteiger charge is -2.38. The van der Waals surface area contributed by atoms with Crippen molar-refractivity contribution in [3.63, 3.8) is 0 Å². The van der Waals surface area contributed by atoms with Crippen molar-refractivity contribution in [1.29, 1.82) is 0 Å². The zero-order valence-electron chi connectivity index (χ0n) is 16.5. The Balaban J connectivity index is 1.39. The maximum atomic E-state index is 12.9. The normalized spacial score (nSPS) is 15.2. The largest absolute Gasteiger partial charge is 0.327 e. The molecule has 3 aromatic rings. The first-order chi connectivity index (χ1) is 14.5. The van der Waals surface area contributed by atoms with Gasteiger partial charge in [0.2, 0.25) is 0 Å². The molecule has 0 atom stereocenters. The van der Waals surface area contributed by atoms with Crippen molar-refractivity contribution in [2.75, 3.05) is 26.2 Å². The summed E-state index contributed by atoms with van der Waals surface area (Å²) in [5.74, 6) is 6.23. The molecule has 1 fully saturated rings. The van der Waals surface area contributed by atoms with E-state index in [-0.39, 0.29) is 10.6 Å². The molecule has 0 unspecified atom stereocenters. The summed E-state index contributed by atoms with van der Waals surface area (Å²) in [5, 5.41) is 11.0. The molecule has 30 heavy (non-hydrogen) atoms. The molecule has 1 aliphatic heterocycles. The fourth-order valence-corrected chi connectivity index (χ4v) is 3.78. The molecule has 1 amide bonds. The Hall–Kier alpha value is -2.91. The second-order valence-corrected chi connectivity index (χ2v) is 8.25. The summed E-state index contributed by atoms with van der Waals surface area (Å²) < 4.78 is 0.828. The van der Waals surface area contributed by atoms with E-state index in [1.807, 2.05) is 78.9 Å². The number of carbonyl (C=O) groups is 1. The molecule has 0 radical (unpaired) electrons. The number of nitrogens with zero attached hydrogens (tertiary/aromatic N) is 2. The van der Waals surface area contributed by atoms with Crippen LogP contribution < -0.4 is 4.65 Å². The standard InChI is InChI=1S/C25H22BrN2O2/c26-23-12-14-24(15-13-23)28(30)18-16-27(17-19-28)25(29)22-10-8-21(9-11-22)7-6-20-4-2-1-3-5-20/h1-5,8-15,30H,16-19H2/q+1. The number of piperazine rings is 1. The molecule has 1 heterocycles. The van der Waals surface area contributed by atoms with Gasteiger partial charge in [-0.3, -0.25) is 4.79 Å². The number of benzene rings is 3. The molecule has 0 bridgehead atoms. The average molecular weight is 462 g/mol. The highest BCUT2D eigenvalue weighted by molar-refractivity contribution is 9.10. The van der Waals surface area contributed by atoms with Gasteiger partial charge in [-0.2, -0.15) is 0 Å². The van der Waals surface area contributed by atoms with Gasteiger partial charge in [-0.25, -0.2) is 5.21 Å². The van der Waals surface area contributed by atoms with E-state index >= 15 is 0 Å². The number of quaternary nitrogens is 1. The molecule has 0 aliphatic carbocycles. The van der Waals surface area contributed by atoms with Crippen LogP contribution >= 0.6 is 15.9 Å². The second kappa shape index (κ2) is 8.85. The molecule has 150 valence electrons. The Morgan fingerprint density at radius 2 is 1.40 bits per heavy atom. The third-order valence-electron chi connectivity index (χ3n) is 5.33. The first-order valence-electron chi connectivity index (χ1n) is 9.86. The molecule has 1 aliphatic rings. The van der Waals surface area contributed by atoms with Crippen LogP contribution in [0.3, 0.4) is 0 Å². The molecule has 0 spiro atoms. The van der Waals surface area contributed by atoms with Gasteiger partial charge in [-0.05, 0) is 48.5 Å². The highest BCUT2D eigenvalue weighted by Crippen LogP contribution is 2.25. The summed E-state index contributed by atoms with van der Waals surface area (Å²) in [6.07, 6.45) is 0. The minimum atomic E-state index is -0.148. The maximum absolute atomic E-state index is 12.9. The number of carbonyl (C=O) groups excluding carboxylic acids is 1. The Bertz CT molecular complexity index is 1080. The quantitative estimate of drug-likeness (QED) is 0.443. The third kappa shape index (κ3) is 4.63.